The molecule has 4 fully saturated rings. The van der Waals surface area contributed by atoms with Gasteiger partial charge in [0.1, 0.15) is 0 Å². The normalized spacial score (nSPS) is 51.0. The van der Waals surface area contributed by atoms with E-state index in [1.54, 1.807) is 0 Å². The van der Waals surface area contributed by atoms with Crippen LogP contribution in [0.5, 0.6) is 0 Å². The summed E-state index contributed by atoms with van der Waals surface area (Å²) in [6.45, 7) is 9.15. The first kappa shape index (κ1) is 17.2. The van der Waals surface area contributed by atoms with E-state index in [0.29, 0.717) is 24.5 Å². The number of fused-ring (bicyclic) bond motifs is 5. The Balaban J connectivity index is 1.49. The highest BCUT2D eigenvalue weighted by Gasteiger charge is 2.61. The second kappa shape index (κ2) is 5.56. The number of rotatable bonds is 2. The molecule has 0 amide bonds. The first-order valence-corrected chi connectivity index (χ1v) is 10.4. The Morgan fingerprint density at radius 3 is 2.73 bits per heavy atom. The summed E-state index contributed by atoms with van der Waals surface area (Å²) in [5, 5.41) is 11.4. The Morgan fingerprint density at radius 2 is 2.04 bits per heavy atom. The van der Waals surface area contributed by atoms with Gasteiger partial charge in [0.25, 0.3) is 0 Å². The molecule has 1 saturated heterocycles. The van der Waals surface area contributed by atoms with Gasteiger partial charge in [-0.1, -0.05) is 31.6 Å². The van der Waals surface area contributed by atoms with Gasteiger partial charge in [0.2, 0.25) is 5.79 Å². The van der Waals surface area contributed by atoms with Crippen molar-refractivity contribution in [2.75, 3.05) is 6.79 Å². The summed E-state index contributed by atoms with van der Waals surface area (Å²) in [6.07, 6.45) is 15.4. The maximum Gasteiger partial charge on any atom is 0.212 e. The monoisotopic (exact) mass is 356 g/mol. The molecule has 0 radical (unpaired) electrons. The number of hydrogen-bond acceptors (Lipinski definition) is 3. The zero-order valence-electron chi connectivity index (χ0n) is 16.1. The molecular formula is C23H32O3. The standard InChI is InChI=1S/C23H32O3/c1-4-5-15-7-9-18-17-8-6-16-12-23(25-14-26-23)11-10-21(16,2)20(17)19(24)13-22(15,18)3/h4,10-12,15,17-20,24H,1,5-9,13-14H2,2-3H3/t15-,17+,18+,19+,20-,21+,22-/m1/s1. The van der Waals surface area contributed by atoms with Crippen LogP contribution < -0.4 is 0 Å². The lowest BCUT2D eigenvalue weighted by Gasteiger charge is -2.59. The van der Waals surface area contributed by atoms with Crippen LogP contribution in [0.15, 0.2) is 36.5 Å². The third kappa shape index (κ3) is 2.11. The van der Waals surface area contributed by atoms with Crippen LogP contribution in [0, 0.1) is 34.5 Å². The topological polar surface area (TPSA) is 38.7 Å². The van der Waals surface area contributed by atoms with Crippen molar-refractivity contribution in [3.8, 4) is 0 Å². The average Bonchev–Trinajstić information content (AvgIpc) is 2.89. The molecule has 0 aromatic carbocycles. The minimum Gasteiger partial charge on any atom is -0.393 e. The molecule has 4 aliphatic carbocycles. The molecule has 1 aliphatic heterocycles. The fraction of sp³-hybridized carbons (Fsp3) is 0.739. The summed E-state index contributed by atoms with van der Waals surface area (Å²) < 4.78 is 11.4. The van der Waals surface area contributed by atoms with Gasteiger partial charge in [-0.15, -0.1) is 6.58 Å². The fourth-order valence-electron chi connectivity index (χ4n) is 7.50. The van der Waals surface area contributed by atoms with Gasteiger partial charge in [0.15, 0.2) is 6.79 Å². The van der Waals surface area contributed by atoms with Crippen LogP contribution in [0.25, 0.3) is 0 Å². The van der Waals surface area contributed by atoms with Gasteiger partial charge in [0.05, 0.1) is 6.10 Å². The van der Waals surface area contributed by atoms with E-state index in [1.165, 1.54) is 24.8 Å². The maximum atomic E-state index is 11.4. The van der Waals surface area contributed by atoms with Crippen LogP contribution in [0.2, 0.25) is 0 Å². The van der Waals surface area contributed by atoms with Crippen molar-refractivity contribution < 1.29 is 14.6 Å². The zero-order valence-corrected chi connectivity index (χ0v) is 16.1. The molecule has 1 N–H and O–H groups in total. The third-order valence-corrected chi connectivity index (χ3v) is 8.84. The maximum absolute atomic E-state index is 11.4. The summed E-state index contributed by atoms with van der Waals surface area (Å²) in [7, 11) is 0. The van der Waals surface area contributed by atoms with Crippen LogP contribution in [0.1, 0.15) is 52.4 Å². The van der Waals surface area contributed by atoms with Gasteiger partial charge in [-0.2, -0.15) is 0 Å². The predicted molar refractivity (Wildman–Crippen MR) is 101 cm³/mol. The van der Waals surface area contributed by atoms with Gasteiger partial charge in [-0.3, -0.25) is 0 Å². The quantitative estimate of drug-likeness (QED) is 0.736. The lowest BCUT2D eigenvalue weighted by atomic mass is 9.46. The molecule has 26 heavy (non-hydrogen) atoms. The van der Waals surface area contributed by atoms with Crippen molar-refractivity contribution in [3.63, 3.8) is 0 Å². The van der Waals surface area contributed by atoms with Gasteiger partial charge in [-0.05, 0) is 73.8 Å². The largest absolute Gasteiger partial charge is 0.393 e. The Labute approximate surface area is 157 Å². The van der Waals surface area contributed by atoms with E-state index < -0.39 is 5.79 Å². The molecule has 7 atom stereocenters. The molecule has 5 aliphatic rings. The highest BCUT2D eigenvalue weighted by atomic mass is 16.9. The number of aliphatic hydroxyl groups excluding tert-OH is 1. The zero-order chi connectivity index (χ0) is 18.2. The average molecular weight is 357 g/mol. The number of aliphatic hydroxyl groups is 1. The Bertz CT molecular complexity index is 675. The molecule has 0 aromatic rings. The second-order valence-corrected chi connectivity index (χ2v) is 9.82. The van der Waals surface area contributed by atoms with E-state index in [0.717, 1.165) is 25.2 Å². The van der Waals surface area contributed by atoms with E-state index in [-0.39, 0.29) is 16.9 Å². The van der Waals surface area contributed by atoms with Crippen LogP contribution in [-0.2, 0) is 9.47 Å². The Morgan fingerprint density at radius 1 is 1.23 bits per heavy atom. The number of hydrogen-bond donors (Lipinski definition) is 1. The summed E-state index contributed by atoms with van der Waals surface area (Å²) >= 11 is 0. The summed E-state index contributed by atoms with van der Waals surface area (Å²) in [5.74, 6) is 1.74. The van der Waals surface area contributed by atoms with Crippen LogP contribution in [0.3, 0.4) is 0 Å². The van der Waals surface area contributed by atoms with Crippen molar-refractivity contribution in [1.29, 1.82) is 0 Å². The SMILES string of the molecule is C=CC[C@@H]1CC[C@H]2[C@@H]3CCC4=CC5(C=C[C@]4(C)[C@H]3[C@@H](O)C[C@]12C)OCO5. The summed E-state index contributed by atoms with van der Waals surface area (Å²) in [4.78, 5) is 0. The molecule has 1 spiro atoms. The van der Waals surface area contributed by atoms with Crippen molar-refractivity contribution in [1.82, 2.24) is 0 Å². The summed E-state index contributed by atoms with van der Waals surface area (Å²) in [5.41, 5.74) is 1.61. The van der Waals surface area contributed by atoms with Gasteiger partial charge >= 0.3 is 0 Å². The van der Waals surface area contributed by atoms with Crippen LogP contribution in [0.4, 0.5) is 0 Å². The van der Waals surface area contributed by atoms with E-state index in [1.807, 2.05) is 0 Å². The van der Waals surface area contributed by atoms with E-state index in [4.69, 9.17) is 9.47 Å². The van der Waals surface area contributed by atoms with Crippen LogP contribution >= 0.6 is 0 Å². The predicted octanol–water partition coefficient (Wildman–Crippen LogP) is 4.59. The minimum atomic E-state index is -0.613. The fourth-order valence-corrected chi connectivity index (χ4v) is 7.50. The second-order valence-electron chi connectivity index (χ2n) is 9.82. The molecule has 0 unspecified atom stereocenters. The molecule has 3 heteroatoms. The smallest absolute Gasteiger partial charge is 0.212 e. The van der Waals surface area contributed by atoms with Crippen LogP contribution in [-0.4, -0.2) is 23.8 Å². The molecule has 0 aromatic heterocycles. The lowest BCUT2D eigenvalue weighted by Crippen LogP contribution is -2.57. The summed E-state index contributed by atoms with van der Waals surface area (Å²) in [6, 6.07) is 0. The van der Waals surface area contributed by atoms with Crippen molar-refractivity contribution in [2.45, 2.75) is 64.3 Å². The molecule has 142 valence electrons. The molecule has 5 rings (SSSR count). The lowest BCUT2D eigenvalue weighted by molar-refractivity contribution is -0.348. The molecule has 1 heterocycles. The molecule has 3 nitrogen and oxygen atoms in total. The number of ether oxygens (including phenoxy) is 2. The van der Waals surface area contributed by atoms with Gasteiger partial charge in [0, 0.05) is 11.3 Å². The highest BCUT2D eigenvalue weighted by molar-refractivity contribution is 5.37. The molecule has 3 saturated carbocycles. The molecular weight excluding hydrogens is 324 g/mol. The third-order valence-electron chi connectivity index (χ3n) is 8.84. The first-order valence-electron chi connectivity index (χ1n) is 10.4. The first-order chi connectivity index (χ1) is 12.4. The van der Waals surface area contributed by atoms with Crippen molar-refractivity contribution in [3.05, 3.63) is 36.5 Å². The van der Waals surface area contributed by atoms with Crippen molar-refractivity contribution in [2.24, 2.45) is 34.5 Å². The molecule has 0 bridgehead atoms. The number of allylic oxidation sites excluding steroid dienone is 3. The highest BCUT2D eigenvalue weighted by Crippen LogP contribution is 2.66. The van der Waals surface area contributed by atoms with Crippen molar-refractivity contribution >= 4 is 0 Å². The van der Waals surface area contributed by atoms with Gasteiger partial charge in [-0.25, -0.2) is 0 Å². The van der Waals surface area contributed by atoms with Gasteiger partial charge < -0.3 is 14.6 Å². The van der Waals surface area contributed by atoms with E-state index >= 15 is 0 Å². The Hall–Kier alpha value is -0.900. The Kier molecular flexibility index (Phi) is 3.68. The van der Waals surface area contributed by atoms with E-state index in [9.17, 15) is 5.11 Å². The minimum absolute atomic E-state index is 0.0618. The van der Waals surface area contributed by atoms with E-state index in [2.05, 4.69) is 44.7 Å².